The fourth-order valence-corrected chi connectivity index (χ4v) is 11.3. The van der Waals surface area contributed by atoms with Crippen molar-refractivity contribution in [2.45, 2.75) is 82.1 Å². The number of nitrogens with zero attached hydrogens (tertiary/aromatic N) is 3. The number of fused-ring (bicyclic) bond motifs is 3. The van der Waals surface area contributed by atoms with E-state index in [2.05, 4.69) is 0 Å². The molecule has 3 aromatic carbocycles. The zero-order valence-corrected chi connectivity index (χ0v) is 29.3. The van der Waals surface area contributed by atoms with Crippen LogP contribution in [0.25, 0.3) is 0 Å². The molecule has 4 aliphatic rings. The van der Waals surface area contributed by atoms with Crippen LogP contribution in [0.15, 0.2) is 66.7 Å². The number of benzene rings is 3. The van der Waals surface area contributed by atoms with Gasteiger partial charge in [-0.1, -0.05) is 54.9 Å². The Morgan fingerprint density at radius 1 is 1.06 bits per heavy atom. The molecule has 0 saturated carbocycles. The Bertz CT molecular complexity index is 1760. The Balaban J connectivity index is 1.20. The maximum atomic E-state index is 14.8. The second-order valence-electron chi connectivity index (χ2n) is 14.3. The lowest BCUT2D eigenvalue weighted by Crippen LogP contribution is -2.48. The predicted octanol–water partition coefficient (Wildman–Crippen LogP) is 5.15. The number of amides is 3. The van der Waals surface area contributed by atoms with Gasteiger partial charge in [0.1, 0.15) is 0 Å². The van der Waals surface area contributed by atoms with Crippen molar-refractivity contribution in [2.75, 3.05) is 23.0 Å². The average molecular weight is 688 g/mol. The second kappa shape index (κ2) is 12.4. The van der Waals surface area contributed by atoms with Gasteiger partial charge in [-0.15, -0.1) is 0 Å². The smallest absolute Gasteiger partial charge is 0.264 e. The maximum Gasteiger partial charge on any atom is 0.264 e. The van der Waals surface area contributed by atoms with Gasteiger partial charge in [0.05, 0.1) is 37.4 Å². The summed E-state index contributed by atoms with van der Waals surface area (Å²) in [6.45, 7) is 6.82. The van der Waals surface area contributed by atoms with Crippen LogP contribution in [0.1, 0.15) is 48.4 Å². The van der Waals surface area contributed by atoms with E-state index in [9.17, 15) is 24.3 Å². The number of hydrogen-bond donors (Lipinski definition) is 2. The topological polar surface area (TPSA) is 111 Å². The summed E-state index contributed by atoms with van der Waals surface area (Å²) < 4.78 is 6.89. The van der Waals surface area contributed by atoms with Crippen LogP contribution >= 0.6 is 11.6 Å². The lowest BCUT2D eigenvalue weighted by atomic mass is 9.82. The second-order valence-corrected chi connectivity index (χ2v) is 18.7. The van der Waals surface area contributed by atoms with Gasteiger partial charge in [0, 0.05) is 47.2 Å². The molecule has 11 heteroatoms. The SMILES string of the molecule is C[C@H]1[C@H]([Si](C)(C)O)[C@@H](CC(=O)N2Cc3ccccc3C[C@H]2CO)O[C@]12C(=O)N(Cc1ccc(N3CCCC3=O)cc1)c1ccc(Cl)cc12. The summed E-state index contributed by atoms with van der Waals surface area (Å²) in [5.74, 6) is -0.751. The number of carbonyl (C=O) groups is 3. The third-order valence-electron chi connectivity index (χ3n) is 10.9. The van der Waals surface area contributed by atoms with E-state index in [1.165, 1.54) is 0 Å². The molecule has 0 aliphatic carbocycles. The van der Waals surface area contributed by atoms with Crippen molar-refractivity contribution < 1.29 is 29.0 Å². The van der Waals surface area contributed by atoms with Gasteiger partial charge in [-0.05, 0) is 73.0 Å². The molecule has 0 bridgehead atoms. The van der Waals surface area contributed by atoms with Crippen LogP contribution in [0.2, 0.25) is 23.7 Å². The summed E-state index contributed by atoms with van der Waals surface area (Å²) in [6, 6.07) is 20.7. The van der Waals surface area contributed by atoms with E-state index < -0.39 is 31.5 Å². The fourth-order valence-electron chi connectivity index (χ4n) is 8.62. The van der Waals surface area contributed by atoms with E-state index in [4.69, 9.17) is 16.3 Å². The summed E-state index contributed by atoms with van der Waals surface area (Å²) >= 11 is 6.56. The molecule has 5 atom stereocenters. The highest BCUT2D eigenvalue weighted by atomic mass is 35.5. The van der Waals surface area contributed by atoms with E-state index in [1.807, 2.05) is 74.6 Å². The molecule has 3 amide bonds. The number of anilines is 2. The molecule has 4 aliphatic heterocycles. The highest BCUT2D eigenvalue weighted by molar-refractivity contribution is 6.71. The fraction of sp³-hybridized carbons (Fsp3) is 0.432. The Morgan fingerprint density at radius 3 is 2.46 bits per heavy atom. The third kappa shape index (κ3) is 5.47. The van der Waals surface area contributed by atoms with E-state index >= 15 is 0 Å². The molecule has 4 heterocycles. The normalized spacial score (nSPS) is 26.8. The van der Waals surface area contributed by atoms with Gasteiger partial charge in [-0.2, -0.15) is 0 Å². The number of rotatable bonds is 7. The summed E-state index contributed by atoms with van der Waals surface area (Å²) in [4.78, 5) is 58.1. The van der Waals surface area contributed by atoms with Crippen LogP contribution in [0, 0.1) is 5.92 Å². The molecule has 3 aromatic rings. The molecule has 1 spiro atoms. The molecule has 2 saturated heterocycles. The van der Waals surface area contributed by atoms with Crippen LogP contribution in [0.3, 0.4) is 0 Å². The van der Waals surface area contributed by atoms with Gasteiger partial charge in [-0.25, -0.2) is 0 Å². The molecule has 0 radical (unpaired) electrons. The minimum absolute atomic E-state index is 0.0216. The first-order chi connectivity index (χ1) is 22.9. The van der Waals surface area contributed by atoms with Crippen molar-refractivity contribution in [1.82, 2.24) is 4.90 Å². The van der Waals surface area contributed by atoms with E-state index in [-0.39, 0.29) is 43.3 Å². The Hall–Kier alpha value is -3.54. The molecule has 2 N–H and O–H groups in total. The minimum Gasteiger partial charge on any atom is -0.432 e. The van der Waals surface area contributed by atoms with Gasteiger partial charge < -0.3 is 29.3 Å². The van der Waals surface area contributed by atoms with Crippen molar-refractivity contribution in [2.24, 2.45) is 5.92 Å². The van der Waals surface area contributed by atoms with Gasteiger partial charge in [0.25, 0.3) is 5.91 Å². The van der Waals surface area contributed by atoms with Crippen molar-refractivity contribution >= 4 is 49.0 Å². The van der Waals surface area contributed by atoms with E-state index in [0.717, 1.165) is 28.8 Å². The minimum atomic E-state index is -3.01. The van der Waals surface area contributed by atoms with Gasteiger partial charge in [-0.3, -0.25) is 14.4 Å². The van der Waals surface area contributed by atoms with Crippen LogP contribution in [-0.4, -0.2) is 66.1 Å². The van der Waals surface area contributed by atoms with E-state index in [0.29, 0.717) is 42.2 Å². The first-order valence-corrected chi connectivity index (χ1v) is 20.2. The van der Waals surface area contributed by atoms with E-state index in [1.54, 1.807) is 26.8 Å². The summed E-state index contributed by atoms with van der Waals surface area (Å²) in [5, 5.41) is 10.7. The van der Waals surface area contributed by atoms with Crippen molar-refractivity contribution in [3.63, 3.8) is 0 Å². The standard InChI is InChI=1S/C37H42ClN3O6Si/c1-23-35(48(2,3)46)32(19-34(44)40-21-26-8-5-4-7-25(26)17-29(40)22-42)47-37(23)30-18-27(38)12-15-31(30)41(36(37)45)20-24-10-13-28(14-11-24)39-16-6-9-33(39)43/h4-5,7-8,10-15,18,23,29,32,35,42,46H,6,9,16-17,19-22H2,1-3H3/t23-,29-,32+,35-,37+/m0/s1. The first kappa shape index (κ1) is 33.0. The van der Waals surface area contributed by atoms with Crippen LogP contribution in [0.5, 0.6) is 0 Å². The molecule has 48 heavy (non-hydrogen) atoms. The number of carbonyl (C=O) groups excluding carboxylic acids is 3. The highest BCUT2D eigenvalue weighted by Gasteiger charge is 2.66. The number of aliphatic hydroxyl groups excluding tert-OH is 1. The van der Waals surface area contributed by atoms with Gasteiger partial charge >= 0.3 is 0 Å². The van der Waals surface area contributed by atoms with Crippen LogP contribution in [0.4, 0.5) is 11.4 Å². The molecule has 2 fully saturated rings. The van der Waals surface area contributed by atoms with Gasteiger partial charge in [0.2, 0.25) is 11.8 Å². The average Bonchev–Trinajstić information content (AvgIpc) is 3.69. The summed E-state index contributed by atoms with van der Waals surface area (Å²) in [6.07, 6.45) is 1.22. The Morgan fingerprint density at radius 2 is 1.79 bits per heavy atom. The third-order valence-corrected chi connectivity index (χ3v) is 13.6. The van der Waals surface area contributed by atoms with Crippen molar-refractivity contribution in [1.29, 1.82) is 0 Å². The number of halogens is 1. The molecule has 0 aromatic heterocycles. The maximum absolute atomic E-state index is 14.8. The molecule has 252 valence electrons. The quantitative estimate of drug-likeness (QED) is 0.333. The predicted molar refractivity (Wildman–Crippen MR) is 186 cm³/mol. The molecule has 0 unspecified atom stereocenters. The van der Waals surface area contributed by atoms with Gasteiger partial charge in [0.15, 0.2) is 13.9 Å². The highest BCUT2D eigenvalue weighted by Crippen LogP contribution is 2.60. The first-order valence-electron chi connectivity index (χ1n) is 16.8. The summed E-state index contributed by atoms with van der Waals surface area (Å²) in [5.41, 5.74) is 3.37. The largest absolute Gasteiger partial charge is 0.432 e. The number of hydrogen-bond acceptors (Lipinski definition) is 6. The van der Waals surface area contributed by atoms with Crippen molar-refractivity contribution in [3.8, 4) is 0 Å². The Labute approximate surface area is 287 Å². The van der Waals surface area contributed by atoms with Crippen molar-refractivity contribution in [3.05, 3.63) is 94.0 Å². The summed E-state index contributed by atoms with van der Waals surface area (Å²) in [7, 11) is -3.01. The Kier molecular flexibility index (Phi) is 8.52. The monoisotopic (exact) mass is 687 g/mol. The lowest BCUT2D eigenvalue weighted by Gasteiger charge is -2.37. The lowest BCUT2D eigenvalue weighted by molar-refractivity contribution is -0.151. The zero-order chi connectivity index (χ0) is 34.0. The zero-order valence-electron chi connectivity index (χ0n) is 27.6. The van der Waals surface area contributed by atoms with Crippen LogP contribution < -0.4 is 9.80 Å². The number of ether oxygens (including phenoxy) is 1. The number of aliphatic hydroxyl groups is 1. The molecular weight excluding hydrogens is 646 g/mol. The molecule has 7 rings (SSSR count). The molecular formula is C37H42ClN3O6Si. The van der Waals surface area contributed by atoms with Crippen LogP contribution in [-0.2, 0) is 44.2 Å². The molecule has 9 nitrogen and oxygen atoms in total.